The van der Waals surface area contributed by atoms with Gasteiger partial charge in [0.15, 0.2) is 0 Å². The Morgan fingerprint density at radius 3 is 2.57 bits per heavy atom. The quantitative estimate of drug-likeness (QED) is 0.674. The minimum Gasteiger partial charge on any atom is -0.461 e. The average Bonchev–Trinajstić information content (AvgIpc) is 2.46. The Kier molecular flexibility index (Phi) is 4.99. The molecule has 0 aromatic heterocycles. The largest absolute Gasteiger partial charge is 0.461 e. The normalized spacial score (nSPS) is 10.4. The van der Waals surface area contributed by atoms with Crippen molar-refractivity contribution in [2.24, 2.45) is 0 Å². The molecule has 0 fully saturated rings. The predicted octanol–water partition coefficient (Wildman–Crippen LogP) is 3.56. The zero-order valence-corrected chi connectivity index (χ0v) is 12.6. The van der Waals surface area contributed by atoms with Gasteiger partial charge in [0.25, 0.3) is 0 Å². The van der Waals surface area contributed by atoms with E-state index in [-0.39, 0.29) is 5.97 Å². The summed E-state index contributed by atoms with van der Waals surface area (Å²) in [6.45, 7) is 4.45. The maximum Gasteiger partial charge on any atom is 0.306 e. The van der Waals surface area contributed by atoms with Gasteiger partial charge in [0, 0.05) is 12.1 Å². The van der Waals surface area contributed by atoms with E-state index in [4.69, 9.17) is 10.5 Å². The second-order valence-corrected chi connectivity index (χ2v) is 5.32. The molecule has 0 heterocycles. The van der Waals surface area contributed by atoms with Crippen molar-refractivity contribution in [1.29, 1.82) is 0 Å². The Morgan fingerprint density at radius 1 is 1.05 bits per heavy atom. The Bertz CT molecular complexity index is 635. The summed E-state index contributed by atoms with van der Waals surface area (Å²) in [7, 11) is 0. The van der Waals surface area contributed by atoms with Crippen molar-refractivity contribution in [2.45, 2.75) is 33.3 Å². The fraction of sp³-hybridized carbons (Fsp3) is 0.278. The van der Waals surface area contributed by atoms with Crippen LogP contribution >= 0.6 is 0 Å². The second kappa shape index (κ2) is 6.93. The molecule has 0 aliphatic rings. The molecule has 3 heteroatoms. The number of carbonyl (C=O) groups excluding carboxylic acids is 1. The van der Waals surface area contributed by atoms with Gasteiger partial charge in [-0.3, -0.25) is 4.79 Å². The summed E-state index contributed by atoms with van der Waals surface area (Å²) in [5.74, 6) is -0.185. The molecular weight excluding hydrogens is 262 g/mol. The smallest absolute Gasteiger partial charge is 0.306 e. The maximum atomic E-state index is 11.8. The van der Waals surface area contributed by atoms with Gasteiger partial charge in [-0.05, 0) is 54.7 Å². The molecule has 0 saturated carbocycles. The van der Waals surface area contributed by atoms with Crippen molar-refractivity contribution >= 4 is 11.7 Å². The molecule has 3 nitrogen and oxygen atoms in total. The van der Waals surface area contributed by atoms with Gasteiger partial charge in [0.1, 0.15) is 6.61 Å². The van der Waals surface area contributed by atoms with Gasteiger partial charge in [0.2, 0.25) is 0 Å². The summed E-state index contributed by atoms with van der Waals surface area (Å²) in [6.07, 6.45) is 1.02. The lowest BCUT2D eigenvalue weighted by molar-refractivity contribution is -0.144. The lowest BCUT2D eigenvalue weighted by Crippen LogP contribution is -2.06. The second-order valence-electron chi connectivity index (χ2n) is 5.32. The van der Waals surface area contributed by atoms with Crippen LogP contribution in [-0.2, 0) is 22.6 Å². The summed E-state index contributed by atoms with van der Waals surface area (Å²) < 4.78 is 5.30. The van der Waals surface area contributed by atoms with Crippen molar-refractivity contribution in [3.8, 4) is 0 Å². The fourth-order valence-corrected chi connectivity index (χ4v) is 2.12. The highest BCUT2D eigenvalue weighted by atomic mass is 16.5. The molecule has 2 aromatic rings. The number of ether oxygens (including phenoxy) is 1. The summed E-state index contributed by atoms with van der Waals surface area (Å²) in [5.41, 5.74) is 11.0. The first-order valence-corrected chi connectivity index (χ1v) is 7.11. The van der Waals surface area contributed by atoms with Crippen LogP contribution in [0.2, 0.25) is 0 Å². The standard InChI is InChI=1S/C18H21NO2/c1-13-6-7-16(10-14(13)2)12-21-18(20)9-8-15-4-3-5-17(19)11-15/h3-7,10-11H,8-9,12,19H2,1-2H3. The molecule has 0 aliphatic carbocycles. The van der Waals surface area contributed by atoms with Crippen LogP contribution in [0, 0.1) is 13.8 Å². The first-order chi connectivity index (χ1) is 10.0. The van der Waals surface area contributed by atoms with E-state index < -0.39 is 0 Å². The van der Waals surface area contributed by atoms with E-state index in [0.717, 1.165) is 16.8 Å². The van der Waals surface area contributed by atoms with E-state index >= 15 is 0 Å². The number of esters is 1. The molecule has 0 spiro atoms. The highest BCUT2D eigenvalue weighted by molar-refractivity contribution is 5.69. The van der Waals surface area contributed by atoms with Gasteiger partial charge >= 0.3 is 5.97 Å². The minimum atomic E-state index is -0.185. The van der Waals surface area contributed by atoms with Gasteiger partial charge in [-0.2, -0.15) is 0 Å². The SMILES string of the molecule is Cc1ccc(COC(=O)CCc2cccc(N)c2)cc1C. The van der Waals surface area contributed by atoms with Crippen molar-refractivity contribution in [3.63, 3.8) is 0 Å². The maximum absolute atomic E-state index is 11.8. The number of anilines is 1. The van der Waals surface area contributed by atoms with Crippen LogP contribution in [0.1, 0.15) is 28.7 Å². The Balaban J connectivity index is 1.80. The van der Waals surface area contributed by atoms with Gasteiger partial charge < -0.3 is 10.5 Å². The molecule has 0 bridgehead atoms. The fourth-order valence-electron chi connectivity index (χ4n) is 2.12. The van der Waals surface area contributed by atoms with E-state index in [9.17, 15) is 4.79 Å². The van der Waals surface area contributed by atoms with Crippen molar-refractivity contribution in [1.82, 2.24) is 0 Å². The van der Waals surface area contributed by atoms with Crippen molar-refractivity contribution in [2.75, 3.05) is 5.73 Å². The zero-order chi connectivity index (χ0) is 15.2. The number of rotatable bonds is 5. The van der Waals surface area contributed by atoms with Crippen LogP contribution in [-0.4, -0.2) is 5.97 Å². The molecule has 0 aliphatic heterocycles. The Labute approximate surface area is 125 Å². The first-order valence-electron chi connectivity index (χ1n) is 7.11. The average molecular weight is 283 g/mol. The van der Waals surface area contributed by atoms with Crippen LogP contribution in [0.3, 0.4) is 0 Å². The molecule has 2 aromatic carbocycles. The van der Waals surface area contributed by atoms with Crippen LogP contribution in [0.5, 0.6) is 0 Å². The highest BCUT2D eigenvalue weighted by Crippen LogP contribution is 2.12. The number of hydrogen-bond donors (Lipinski definition) is 1. The molecule has 21 heavy (non-hydrogen) atoms. The van der Waals surface area contributed by atoms with Gasteiger partial charge in [0.05, 0.1) is 0 Å². The Hall–Kier alpha value is -2.29. The van der Waals surface area contributed by atoms with E-state index in [1.54, 1.807) is 0 Å². The first kappa shape index (κ1) is 15.1. The van der Waals surface area contributed by atoms with E-state index in [2.05, 4.69) is 19.9 Å². The molecule has 110 valence electrons. The third-order valence-corrected chi connectivity index (χ3v) is 3.54. The molecule has 0 unspecified atom stereocenters. The molecule has 0 radical (unpaired) electrons. The summed E-state index contributed by atoms with van der Waals surface area (Å²) in [4.78, 5) is 11.8. The zero-order valence-electron chi connectivity index (χ0n) is 12.6. The number of carbonyl (C=O) groups is 1. The van der Waals surface area contributed by atoms with Crippen molar-refractivity contribution in [3.05, 3.63) is 64.7 Å². The predicted molar refractivity (Wildman–Crippen MR) is 84.9 cm³/mol. The molecule has 2 N–H and O–H groups in total. The van der Waals surface area contributed by atoms with E-state index in [1.165, 1.54) is 11.1 Å². The molecule has 2 rings (SSSR count). The summed E-state index contributed by atoms with van der Waals surface area (Å²) in [6, 6.07) is 13.7. The van der Waals surface area contributed by atoms with Gasteiger partial charge in [-0.1, -0.05) is 30.3 Å². The minimum absolute atomic E-state index is 0.185. The third-order valence-electron chi connectivity index (χ3n) is 3.54. The summed E-state index contributed by atoms with van der Waals surface area (Å²) >= 11 is 0. The number of aryl methyl sites for hydroxylation is 3. The topological polar surface area (TPSA) is 52.3 Å². The van der Waals surface area contributed by atoms with Crippen LogP contribution in [0.4, 0.5) is 5.69 Å². The number of benzene rings is 2. The monoisotopic (exact) mass is 283 g/mol. The molecule has 0 amide bonds. The van der Waals surface area contributed by atoms with Crippen LogP contribution in [0.15, 0.2) is 42.5 Å². The van der Waals surface area contributed by atoms with E-state index in [1.807, 2.05) is 36.4 Å². The summed E-state index contributed by atoms with van der Waals surface area (Å²) in [5, 5.41) is 0. The molecular formula is C18H21NO2. The van der Waals surface area contributed by atoms with Crippen molar-refractivity contribution < 1.29 is 9.53 Å². The number of nitrogen functional groups attached to an aromatic ring is 1. The highest BCUT2D eigenvalue weighted by Gasteiger charge is 2.05. The van der Waals surface area contributed by atoms with Gasteiger partial charge in [-0.15, -0.1) is 0 Å². The van der Waals surface area contributed by atoms with E-state index in [0.29, 0.717) is 19.4 Å². The number of hydrogen-bond acceptors (Lipinski definition) is 3. The molecule has 0 atom stereocenters. The van der Waals surface area contributed by atoms with Gasteiger partial charge in [-0.25, -0.2) is 0 Å². The number of nitrogens with two attached hydrogens (primary N) is 1. The Morgan fingerprint density at radius 2 is 1.86 bits per heavy atom. The van der Waals surface area contributed by atoms with Crippen LogP contribution in [0.25, 0.3) is 0 Å². The lowest BCUT2D eigenvalue weighted by Gasteiger charge is -2.07. The molecule has 0 saturated heterocycles. The third kappa shape index (κ3) is 4.63. The van der Waals surface area contributed by atoms with Crippen LogP contribution < -0.4 is 5.73 Å². The lowest BCUT2D eigenvalue weighted by atomic mass is 10.1.